The fourth-order valence-corrected chi connectivity index (χ4v) is 0.803. The Kier molecular flexibility index (Phi) is 9.65. The smallest absolute Gasteiger partial charge is 0.193 e. The van der Waals surface area contributed by atoms with Gasteiger partial charge in [-0.25, -0.2) is 0 Å². The van der Waals surface area contributed by atoms with Crippen LogP contribution >= 0.6 is 0 Å². The number of rotatable bonds is 0. The van der Waals surface area contributed by atoms with E-state index >= 15 is 0 Å². The standard InChI is InChI=1S/C5H11N3.2C2H6/c1-7-3-4-8(2)5(7)6;2*1-2/h6H,3-4H2,1-2H3;2*1-2H3. The third-order valence-electron chi connectivity index (χ3n) is 1.49. The number of nitrogens with one attached hydrogen (secondary N) is 1. The van der Waals surface area contributed by atoms with Crippen LogP contribution in [-0.4, -0.2) is 42.9 Å². The Morgan fingerprint density at radius 3 is 1.25 bits per heavy atom. The van der Waals surface area contributed by atoms with E-state index in [0.717, 1.165) is 13.1 Å². The molecule has 0 aromatic heterocycles. The van der Waals surface area contributed by atoms with E-state index in [4.69, 9.17) is 5.41 Å². The summed E-state index contributed by atoms with van der Waals surface area (Å²) in [6.07, 6.45) is 0. The van der Waals surface area contributed by atoms with Gasteiger partial charge in [-0.15, -0.1) is 0 Å². The zero-order valence-electron chi connectivity index (χ0n) is 9.31. The molecule has 0 aromatic carbocycles. The molecular formula is C9H23N3. The maximum absolute atomic E-state index is 7.31. The lowest BCUT2D eigenvalue weighted by molar-refractivity contribution is 0.553. The average Bonchev–Trinajstić information content (AvgIpc) is 2.43. The van der Waals surface area contributed by atoms with Gasteiger partial charge in [0.15, 0.2) is 5.96 Å². The predicted octanol–water partition coefficient (Wildman–Crippen LogP) is 1.85. The van der Waals surface area contributed by atoms with Crippen molar-refractivity contribution < 1.29 is 0 Å². The summed E-state index contributed by atoms with van der Waals surface area (Å²) in [4.78, 5) is 3.86. The van der Waals surface area contributed by atoms with Gasteiger partial charge < -0.3 is 9.80 Å². The normalized spacial score (nSPS) is 14.7. The molecule has 0 saturated carbocycles. The summed E-state index contributed by atoms with van der Waals surface area (Å²) in [5, 5.41) is 7.31. The molecule has 0 amide bonds. The lowest BCUT2D eigenvalue weighted by Gasteiger charge is -2.11. The summed E-state index contributed by atoms with van der Waals surface area (Å²) < 4.78 is 0. The minimum Gasteiger partial charge on any atom is -0.344 e. The highest BCUT2D eigenvalue weighted by Crippen LogP contribution is 1.99. The molecule has 0 aromatic rings. The van der Waals surface area contributed by atoms with Crippen molar-refractivity contribution >= 4 is 5.96 Å². The van der Waals surface area contributed by atoms with Crippen LogP contribution in [0.4, 0.5) is 0 Å². The molecule has 3 nitrogen and oxygen atoms in total. The number of hydrogen-bond acceptors (Lipinski definition) is 1. The third kappa shape index (κ3) is 4.21. The molecule has 0 atom stereocenters. The zero-order valence-corrected chi connectivity index (χ0v) is 9.31. The van der Waals surface area contributed by atoms with E-state index in [-0.39, 0.29) is 0 Å². The predicted molar refractivity (Wildman–Crippen MR) is 55.7 cm³/mol. The molecule has 0 aliphatic carbocycles. The Bertz CT molecular complexity index is 100. The van der Waals surface area contributed by atoms with Crippen molar-refractivity contribution in [2.24, 2.45) is 0 Å². The van der Waals surface area contributed by atoms with Crippen LogP contribution < -0.4 is 0 Å². The van der Waals surface area contributed by atoms with Gasteiger partial charge >= 0.3 is 0 Å². The fraction of sp³-hybridized carbons (Fsp3) is 0.889. The maximum Gasteiger partial charge on any atom is 0.193 e. The quantitative estimate of drug-likeness (QED) is 0.606. The molecule has 1 heterocycles. The van der Waals surface area contributed by atoms with E-state index in [2.05, 4.69) is 0 Å². The van der Waals surface area contributed by atoms with Crippen LogP contribution in [0.25, 0.3) is 0 Å². The van der Waals surface area contributed by atoms with Gasteiger partial charge in [0, 0.05) is 27.2 Å². The molecule has 0 bridgehead atoms. The lowest BCUT2D eigenvalue weighted by atomic mass is 10.6. The van der Waals surface area contributed by atoms with Crippen LogP contribution in [0.1, 0.15) is 27.7 Å². The van der Waals surface area contributed by atoms with Gasteiger partial charge in [-0.3, -0.25) is 5.41 Å². The molecule has 1 aliphatic heterocycles. The van der Waals surface area contributed by atoms with Crippen LogP contribution in [0.2, 0.25) is 0 Å². The summed E-state index contributed by atoms with van der Waals surface area (Å²) in [6.45, 7) is 9.99. The Morgan fingerprint density at radius 2 is 1.17 bits per heavy atom. The van der Waals surface area contributed by atoms with Crippen LogP contribution in [0.3, 0.4) is 0 Å². The molecule has 1 N–H and O–H groups in total. The van der Waals surface area contributed by atoms with E-state index in [1.54, 1.807) is 0 Å². The molecule has 74 valence electrons. The van der Waals surface area contributed by atoms with Crippen LogP contribution in [0.15, 0.2) is 0 Å². The second-order valence-corrected chi connectivity index (χ2v) is 2.17. The molecule has 0 radical (unpaired) electrons. The van der Waals surface area contributed by atoms with Crippen LogP contribution in [-0.2, 0) is 0 Å². The van der Waals surface area contributed by atoms with Crippen molar-refractivity contribution in [3.05, 3.63) is 0 Å². The molecule has 0 unspecified atom stereocenters. The Balaban J connectivity index is 0. The summed E-state index contributed by atoms with van der Waals surface area (Å²) in [5.74, 6) is 0.630. The largest absolute Gasteiger partial charge is 0.344 e. The van der Waals surface area contributed by atoms with Crippen molar-refractivity contribution in [2.75, 3.05) is 27.2 Å². The van der Waals surface area contributed by atoms with Crippen molar-refractivity contribution in [3.8, 4) is 0 Å². The van der Waals surface area contributed by atoms with E-state index in [0.29, 0.717) is 5.96 Å². The van der Waals surface area contributed by atoms with E-state index in [9.17, 15) is 0 Å². The Hall–Kier alpha value is -0.730. The van der Waals surface area contributed by atoms with E-state index in [1.807, 2.05) is 51.6 Å². The van der Waals surface area contributed by atoms with Gasteiger partial charge in [0.05, 0.1) is 0 Å². The average molecular weight is 173 g/mol. The number of hydrogen-bond donors (Lipinski definition) is 1. The number of likely N-dealkylation sites (N-methyl/N-ethyl adjacent to an activating group) is 2. The van der Waals surface area contributed by atoms with Crippen molar-refractivity contribution in [2.45, 2.75) is 27.7 Å². The van der Waals surface area contributed by atoms with Crippen molar-refractivity contribution in [3.63, 3.8) is 0 Å². The van der Waals surface area contributed by atoms with Gasteiger partial charge in [-0.1, -0.05) is 27.7 Å². The van der Waals surface area contributed by atoms with Crippen LogP contribution in [0.5, 0.6) is 0 Å². The molecule has 0 spiro atoms. The molecule has 1 fully saturated rings. The van der Waals surface area contributed by atoms with Gasteiger partial charge in [0.1, 0.15) is 0 Å². The molecule has 1 saturated heterocycles. The fourth-order valence-electron chi connectivity index (χ4n) is 0.803. The summed E-state index contributed by atoms with van der Waals surface area (Å²) >= 11 is 0. The monoisotopic (exact) mass is 173 g/mol. The first kappa shape index (κ1) is 13.8. The highest BCUT2D eigenvalue weighted by atomic mass is 15.4. The van der Waals surface area contributed by atoms with Crippen LogP contribution in [0, 0.1) is 5.41 Å². The highest BCUT2D eigenvalue weighted by Gasteiger charge is 2.16. The minimum absolute atomic E-state index is 0.630. The van der Waals surface area contributed by atoms with Gasteiger partial charge in [-0.05, 0) is 0 Å². The molecule has 1 rings (SSSR count). The minimum atomic E-state index is 0.630. The first-order valence-electron chi connectivity index (χ1n) is 4.72. The van der Waals surface area contributed by atoms with Crippen molar-refractivity contribution in [1.82, 2.24) is 9.80 Å². The number of guanidine groups is 1. The van der Waals surface area contributed by atoms with E-state index < -0.39 is 0 Å². The van der Waals surface area contributed by atoms with E-state index in [1.165, 1.54) is 0 Å². The van der Waals surface area contributed by atoms with Gasteiger partial charge in [0.2, 0.25) is 0 Å². The first-order chi connectivity index (χ1) is 5.72. The molecule has 3 heteroatoms. The third-order valence-corrected chi connectivity index (χ3v) is 1.49. The topological polar surface area (TPSA) is 30.3 Å². The van der Waals surface area contributed by atoms with Gasteiger partial charge in [0.25, 0.3) is 0 Å². The van der Waals surface area contributed by atoms with Gasteiger partial charge in [-0.2, -0.15) is 0 Å². The summed E-state index contributed by atoms with van der Waals surface area (Å²) in [6, 6.07) is 0. The summed E-state index contributed by atoms with van der Waals surface area (Å²) in [5.41, 5.74) is 0. The lowest BCUT2D eigenvalue weighted by Crippen LogP contribution is -2.26. The second-order valence-electron chi connectivity index (χ2n) is 2.17. The summed E-state index contributed by atoms with van der Waals surface area (Å²) in [7, 11) is 3.87. The SMILES string of the molecule is CC.CC.CN1CCN(C)C1=N. The molecular weight excluding hydrogens is 150 g/mol. The molecule has 12 heavy (non-hydrogen) atoms. The Labute approximate surface area is 76.9 Å². The number of nitrogens with zero attached hydrogens (tertiary/aromatic N) is 2. The second kappa shape index (κ2) is 8.37. The first-order valence-corrected chi connectivity index (χ1v) is 4.72. The highest BCUT2D eigenvalue weighted by molar-refractivity contribution is 5.78. The Morgan fingerprint density at radius 1 is 0.917 bits per heavy atom. The zero-order chi connectivity index (χ0) is 10.1. The maximum atomic E-state index is 7.31. The molecule has 1 aliphatic rings. The van der Waals surface area contributed by atoms with Crippen molar-refractivity contribution in [1.29, 1.82) is 5.41 Å².